The van der Waals surface area contributed by atoms with Crippen LogP contribution in [0.1, 0.15) is 32.7 Å². The first-order valence-corrected chi connectivity index (χ1v) is 7.85. The van der Waals surface area contributed by atoms with Gasteiger partial charge in [0.25, 0.3) is 5.91 Å². The summed E-state index contributed by atoms with van der Waals surface area (Å²) in [6.45, 7) is 1.22. The van der Waals surface area contributed by atoms with Crippen molar-refractivity contribution < 1.29 is 14.3 Å². The molecule has 2 aromatic rings. The normalized spacial score (nSPS) is 22.3. The first kappa shape index (κ1) is 14.2. The van der Waals surface area contributed by atoms with Gasteiger partial charge in [0.05, 0.1) is 24.3 Å². The molecular formula is C19H17NO3. The molecule has 4 rings (SSSR count). The third-order valence-corrected chi connectivity index (χ3v) is 4.60. The summed E-state index contributed by atoms with van der Waals surface area (Å²) in [7, 11) is 0. The van der Waals surface area contributed by atoms with Crippen molar-refractivity contribution in [2.75, 3.05) is 13.2 Å². The molecule has 1 amide bonds. The number of ketones is 1. The van der Waals surface area contributed by atoms with Crippen molar-refractivity contribution >= 4 is 11.7 Å². The fourth-order valence-electron chi connectivity index (χ4n) is 3.42. The van der Waals surface area contributed by atoms with Gasteiger partial charge in [0.2, 0.25) is 0 Å². The van der Waals surface area contributed by atoms with Gasteiger partial charge in [-0.05, 0) is 12.5 Å². The molecule has 2 atom stereocenters. The summed E-state index contributed by atoms with van der Waals surface area (Å²) < 4.78 is 5.55. The van der Waals surface area contributed by atoms with Crippen LogP contribution >= 0.6 is 0 Å². The van der Waals surface area contributed by atoms with Crippen molar-refractivity contribution in [2.24, 2.45) is 0 Å². The lowest BCUT2D eigenvalue weighted by molar-refractivity contribution is 0.0258. The lowest BCUT2D eigenvalue weighted by Gasteiger charge is -2.27. The molecule has 2 saturated heterocycles. The van der Waals surface area contributed by atoms with Crippen molar-refractivity contribution in [2.45, 2.75) is 18.6 Å². The molecule has 2 fully saturated rings. The number of carbonyl (C=O) groups excluding carboxylic acids is 2. The Bertz CT molecular complexity index is 756. The van der Waals surface area contributed by atoms with E-state index in [4.69, 9.17) is 4.74 Å². The predicted molar refractivity (Wildman–Crippen MR) is 85.5 cm³/mol. The molecular weight excluding hydrogens is 290 g/mol. The molecule has 0 aromatic heterocycles. The number of nitrogens with zero attached hydrogens (tertiary/aromatic N) is 1. The largest absolute Gasteiger partial charge is 0.374 e. The van der Waals surface area contributed by atoms with Crippen molar-refractivity contribution in [1.29, 1.82) is 0 Å². The van der Waals surface area contributed by atoms with Gasteiger partial charge in [-0.15, -0.1) is 0 Å². The summed E-state index contributed by atoms with van der Waals surface area (Å²) in [6, 6.07) is 16.3. The van der Waals surface area contributed by atoms with Gasteiger partial charge in [-0.3, -0.25) is 9.59 Å². The van der Waals surface area contributed by atoms with E-state index in [0.717, 1.165) is 6.42 Å². The molecule has 4 nitrogen and oxygen atoms in total. The zero-order chi connectivity index (χ0) is 15.8. The van der Waals surface area contributed by atoms with Crippen LogP contribution in [0.2, 0.25) is 0 Å². The number of fused-ring (bicyclic) bond motifs is 2. The molecule has 2 aromatic carbocycles. The molecule has 0 radical (unpaired) electrons. The zero-order valence-corrected chi connectivity index (χ0v) is 12.6. The minimum absolute atomic E-state index is 0.0688. The summed E-state index contributed by atoms with van der Waals surface area (Å²) in [4.78, 5) is 27.5. The molecule has 2 aliphatic heterocycles. The summed E-state index contributed by atoms with van der Waals surface area (Å²) in [5.41, 5.74) is 1.54. The zero-order valence-electron chi connectivity index (χ0n) is 12.6. The van der Waals surface area contributed by atoms with E-state index in [0.29, 0.717) is 29.8 Å². The third-order valence-electron chi connectivity index (χ3n) is 4.60. The highest BCUT2D eigenvalue weighted by atomic mass is 16.5. The minimum Gasteiger partial charge on any atom is -0.374 e. The van der Waals surface area contributed by atoms with Crippen molar-refractivity contribution in [1.82, 2.24) is 4.90 Å². The van der Waals surface area contributed by atoms with Crippen molar-refractivity contribution in [3.8, 4) is 0 Å². The lowest BCUT2D eigenvalue weighted by atomic mass is 9.97. The standard InChI is InChI=1S/C19H17NO3/c21-18(13-6-2-1-3-7-13)16-8-4-5-9-17(16)19(22)20-11-15-10-14(20)12-23-15/h1-9,14-15H,10-12H2/t14-,15+/m0/s1. The highest BCUT2D eigenvalue weighted by Crippen LogP contribution is 2.30. The molecule has 2 heterocycles. The summed E-state index contributed by atoms with van der Waals surface area (Å²) >= 11 is 0. The molecule has 2 bridgehead atoms. The van der Waals surface area contributed by atoms with E-state index in [1.54, 1.807) is 36.4 Å². The Balaban J connectivity index is 1.67. The maximum atomic E-state index is 12.9. The van der Waals surface area contributed by atoms with Crippen LogP contribution in [0.3, 0.4) is 0 Å². The maximum Gasteiger partial charge on any atom is 0.255 e. The van der Waals surface area contributed by atoms with Crippen LogP contribution < -0.4 is 0 Å². The topological polar surface area (TPSA) is 46.6 Å². The second-order valence-corrected chi connectivity index (χ2v) is 6.04. The lowest BCUT2D eigenvalue weighted by Crippen LogP contribution is -2.41. The highest BCUT2D eigenvalue weighted by Gasteiger charge is 2.42. The average Bonchev–Trinajstić information content (AvgIpc) is 3.24. The molecule has 0 saturated carbocycles. The monoisotopic (exact) mass is 307 g/mol. The van der Waals surface area contributed by atoms with Gasteiger partial charge in [0.1, 0.15) is 0 Å². The van der Waals surface area contributed by atoms with Crippen LogP contribution in [-0.2, 0) is 4.74 Å². The van der Waals surface area contributed by atoms with Gasteiger partial charge in [0.15, 0.2) is 5.78 Å². The van der Waals surface area contributed by atoms with Crippen LogP contribution in [0.4, 0.5) is 0 Å². The number of hydrogen-bond acceptors (Lipinski definition) is 3. The molecule has 116 valence electrons. The summed E-state index contributed by atoms with van der Waals surface area (Å²) in [5, 5.41) is 0. The predicted octanol–water partition coefficient (Wildman–Crippen LogP) is 2.53. The third kappa shape index (κ3) is 2.45. The Kier molecular flexibility index (Phi) is 3.46. The van der Waals surface area contributed by atoms with Crippen molar-refractivity contribution in [3.05, 3.63) is 71.3 Å². The Hall–Kier alpha value is -2.46. The number of likely N-dealkylation sites (tertiary alicyclic amines) is 1. The average molecular weight is 307 g/mol. The van der Waals surface area contributed by atoms with E-state index >= 15 is 0 Å². The van der Waals surface area contributed by atoms with Crippen molar-refractivity contribution in [3.63, 3.8) is 0 Å². The molecule has 4 heteroatoms. The van der Waals surface area contributed by atoms with E-state index < -0.39 is 0 Å². The molecule has 0 aliphatic carbocycles. The molecule has 23 heavy (non-hydrogen) atoms. The summed E-state index contributed by atoms with van der Waals surface area (Å²) in [5.74, 6) is -0.184. The fourth-order valence-corrected chi connectivity index (χ4v) is 3.42. The summed E-state index contributed by atoms with van der Waals surface area (Å²) in [6.07, 6.45) is 1.06. The number of hydrogen-bond donors (Lipinski definition) is 0. The Morgan fingerprint density at radius 1 is 0.957 bits per heavy atom. The Morgan fingerprint density at radius 2 is 1.65 bits per heavy atom. The maximum absolute atomic E-state index is 12.9. The number of morpholine rings is 1. The molecule has 0 unspecified atom stereocenters. The van der Waals surface area contributed by atoms with E-state index in [2.05, 4.69) is 0 Å². The van der Waals surface area contributed by atoms with Gasteiger partial charge in [-0.2, -0.15) is 0 Å². The Labute approximate surface area is 134 Å². The van der Waals surface area contributed by atoms with Crippen LogP contribution in [0.5, 0.6) is 0 Å². The van der Waals surface area contributed by atoms with Crippen LogP contribution in [0.15, 0.2) is 54.6 Å². The number of amides is 1. The van der Waals surface area contributed by atoms with E-state index in [9.17, 15) is 9.59 Å². The van der Waals surface area contributed by atoms with Crippen LogP contribution in [-0.4, -0.2) is 41.9 Å². The minimum atomic E-state index is -0.116. The SMILES string of the molecule is O=C(c1ccccc1)c1ccccc1C(=O)N1C[C@H]2C[C@H]1CO2. The quantitative estimate of drug-likeness (QED) is 0.819. The molecule has 0 spiro atoms. The van der Waals surface area contributed by atoms with Gasteiger partial charge in [-0.25, -0.2) is 0 Å². The second kappa shape index (κ2) is 5.63. The first-order chi connectivity index (χ1) is 11.2. The first-order valence-electron chi connectivity index (χ1n) is 7.85. The number of ether oxygens (including phenoxy) is 1. The van der Waals surface area contributed by atoms with Crippen LogP contribution in [0.25, 0.3) is 0 Å². The fraction of sp³-hybridized carbons (Fsp3) is 0.263. The molecule has 2 aliphatic rings. The second-order valence-electron chi connectivity index (χ2n) is 6.04. The number of rotatable bonds is 3. The number of benzene rings is 2. The number of carbonyl (C=O) groups is 2. The smallest absolute Gasteiger partial charge is 0.255 e. The van der Waals surface area contributed by atoms with Gasteiger partial charge in [-0.1, -0.05) is 48.5 Å². The van der Waals surface area contributed by atoms with Crippen LogP contribution in [0, 0.1) is 0 Å². The van der Waals surface area contributed by atoms with E-state index in [-0.39, 0.29) is 23.8 Å². The van der Waals surface area contributed by atoms with Gasteiger partial charge < -0.3 is 9.64 Å². The van der Waals surface area contributed by atoms with Gasteiger partial charge in [0, 0.05) is 17.7 Å². The van der Waals surface area contributed by atoms with E-state index in [1.165, 1.54) is 0 Å². The molecule has 0 N–H and O–H groups in total. The van der Waals surface area contributed by atoms with Gasteiger partial charge >= 0.3 is 0 Å². The highest BCUT2D eigenvalue weighted by molar-refractivity contribution is 6.15. The van der Waals surface area contributed by atoms with E-state index in [1.807, 2.05) is 23.1 Å². The Morgan fingerprint density at radius 3 is 2.30 bits per heavy atom.